The lowest BCUT2D eigenvalue weighted by atomic mass is 9.93. The van der Waals surface area contributed by atoms with E-state index in [1.54, 1.807) is 11.3 Å². The summed E-state index contributed by atoms with van der Waals surface area (Å²) in [5.41, 5.74) is 8.84. The maximum atomic E-state index is 5.97. The number of rotatable bonds is 4. The van der Waals surface area contributed by atoms with Crippen molar-refractivity contribution >= 4 is 22.7 Å². The predicted molar refractivity (Wildman–Crippen MR) is 90.3 cm³/mol. The van der Waals surface area contributed by atoms with Gasteiger partial charge in [0.05, 0.1) is 11.4 Å². The molecule has 2 aromatic rings. The summed E-state index contributed by atoms with van der Waals surface area (Å²) in [4.78, 5) is 6.65. The van der Waals surface area contributed by atoms with Crippen LogP contribution in [0.25, 0.3) is 0 Å². The van der Waals surface area contributed by atoms with Gasteiger partial charge in [0.2, 0.25) is 0 Å². The Balaban J connectivity index is 2.09. The van der Waals surface area contributed by atoms with Crippen LogP contribution in [0.15, 0.2) is 23.6 Å². The average molecular weight is 305 g/mol. The molecule has 2 N–H and O–H groups in total. The molecule has 5 heteroatoms. The van der Waals surface area contributed by atoms with Crippen molar-refractivity contribution in [3.8, 4) is 5.75 Å². The highest BCUT2D eigenvalue weighted by Gasteiger charge is 2.17. The molecule has 0 radical (unpaired) electrons. The summed E-state index contributed by atoms with van der Waals surface area (Å²) in [6.45, 7) is 6.92. The first kappa shape index (κ1) is 15.6. The fourth-order valence-electron chi connectivity index (χ4n) is 1.79. The molecule has 0 aliphatic rings. The van der Waals surface area contributed by atoms with Gasteiger partial charge in [-0.3, -0.25) is 0 Å². The van der Waals surface area contributed by atoms with E-state index in [1.807, 2.05) is 37.2 Å². The van der Waals surface area contributed by atoms with Gasteiger partial charge >= 0.3 is 0 Å². The number of ether oxygens (including phenoxy) is 1. The zero-order valence-electron chi connectivity index (χ0n) is 13.3. The molecule has 2 rings (SSSR count). The van der Waals surface area contributed by atoms with Gasteiger partial charge < -0.3 is 15.4 Å². The Bertz CT molecular complexity index is 614. The molecule has 0 saturated carbocycles. The molecule has 0 bridgehead atoms. The molecule has 0 aliphatic heterocycles. The van der Waals surface area contributed by atoms with Gasteiger partial charge in [-0.2, -0.15) is 0 Å². The van der Waals surface area contributed by atoms with Crippen molar-refractivity contribution in [3.63, 3.8) is 0 Å². The lowest BCUT2D eigenvalue weighted by molar-refractivity contribution is 0.306. The molecule has 0 unspecified atom stereocenters. The molecular weight excluding hydrogens is 282 g/mol. The summed E-state index contributed by atoms with van der Waals surface area (Å²) < 4.78 is 5.84. The van der Waals surface area contributed by atoms with E-state index < -0.39 is 0 Å². The molecule has 1 aromatic carbocycles. The van der Waals surface area contributed by atoms with Gasteiger partial charge in [0, 0.05) is 36.6 Å². The largest absolute Gasteiger partial charge is 0.484 e. The number of benzene rings is 1. The number of nitrogen functional groups attached to an aromatic ring is 1. The molecular formula is C16H23N3OS. The van der Waals surface area contributed by atoms with Gasteiger partial charge in [0.25, 0.3) is 0 Å². The SMILES string of the molecule is CN(C)c1ccc(N)c(OCc2nc(C(C)(C)C)cs2)c1. The number of nitrogens with two attached hydrogens (primary N) is 1. The molecule has 1 aromatic heterocycles. The Hall–Kier alpha value is -1.75. The standard InChI is InChI=1S/C16H23N3OS/c1-16(2,3)14-10-21-15(18-14)9-20-13-8-11(19(4)5)6-7-12(13)17/h6-8,10H,9,17H2,1-5H3. The quantitative estimate of drug-likeness (QED) is 0.876. The monoisotopic (exact) mass is 305 g/mol. The van der Waals surface area contributed by atoms with Crippen molar-refractivity contribution in [2.75, 3.05) is 24.7 Å². The fourth-order valence-corrected chi connectivity index (χ4v) is 2.72. The van der Waals surface area contributed by atoms with E-state index in [-0.39, 0.29) is 5.41 Å². The summed E-state index contributed by atoms with van der Waals surface area (Å²) in [6, 6.07) is 5.80. The molecule has 0 amide bonds. The fraction of sp³-hybridized carbons (Fsp3) is 0.438. The molecule has 0 fully saturated rings. The third kappa shape index (κ3) is 3.88. The normalized spacial score (nSPS) is 11.5. The smallest absolute Gasteiger partial charge is 0.144 e. The Kier molecular flexibility index (Phi) is 4.42. The summed E-state index contributed by atoms with van der Waals surface area (Å²) in [5, 5.41) is 3.06. The summed E-state index contributed by atoms with van der Waals surface area (Å²) in [5.74, 6) is 0.703. The predicted octanol–water partition coefficient (Wildman–Crippen LogP) is 3.67. The van der Waals surface area contributed by atoms with Crippen LogP contribution >= 0.6 is 11.3 Å². The van der Waals surface area contributed by atoms with Gasteiger partial charge in [-0.15, -0.1) is 11.3 Å². The number of hydrogen-bond acceptors (Lipinski definition) is 5. The topological polar surface area (TPSA) is 51.4 Å². The van der Waals surface area contributed by atoms with Crippen LogP contribution in [0.5, 0.6) is 5.75 Å². The van der Waals surface area contributed by atoms with E-state index in [4.69, 9.17) is 10.5 Å². The lowest BCUT2D eigenvalue weighted by Crippen LogP contribution is -2.12. The van der Waals surface area contributed by atoms with Crippen molar-refractivity contribution in [1.82, 2.24) is 4.98 Å². The zero-order valence-corrected chi connectivity index (χ0v) is 14.1. The van der Waals surface area contributed by atoms with Crippen LogP contribution in [0, 0.1) is 0 Å². The van der Waals surface area contributed by atoms with Gasteiger partial charge in [-0.05, 0) is 12.1 Å². The van der Waals surface area contributed by atoms with E-state index in [2.05, 4.69) is 31.1 Å². The highest BCUT2D eigenvalue weighted by atomic mass is 32.1. The first-order chi connectivity index (χ1) is 9.77. The number of thiazole rings is 1. The first-order valence-electron chi connectivity index (χ1n) is 6.92. The highest BCUT2D eigenvalue weighted by molar-refractivity contribution is 7.09. The van der Waals surface area contributed by atoms with E-state index >= 15 is 0 Å². The van der Waals surface area contributed by atoms with Crippen LogP contribution in [0.1, 0.15) is 31.5 Å². The molecule has 0 spiro atoms. The van der Waals surface area contributed by atoms with Crippen LogP contribution in [0.4, 0.5) is 11.4 Å². The maximum absolute atomic E-state index is 5.97. The van der Waals surface area contributed by atoms with Gasteiger partial charge in [-0.1, -0.05) is 20.8 Å². The molecule has 4 nitrogen and oxygen atoms in total. The van der Waals surface area contributed by atoms with E-state index in [1.165, 1.54) is 0 Å². The number of hydrogen-bond donors (Lipinski definition) is 1. The number of anilines is 2. The Morgan fingerprint density at radius 1 is 1.29 bits per heavy atom. The zero-order chi connectivity index (χ0) is 15.6. The van der Waals surface area contributed by atoms with Crippen molar-refractivity contribution in [3.05, 3.63) is 34.3 Å². The minimum atomic E-state index is 0.0681. The van der Waals surface area contributed by atoms with Gasteiger partial charge in [0.1, 0.15) is 17.4 Å². The van der Waals surface area contributed by atoms with Gasteiger partial charge in [0.15, 0.2) is 0 Å². The Morgan fingerprint density at radius 3 is 2.57 bits per heavy atom. The Morgan fingerprint density at radius 2 is 2.00 bits per heavy atom. The summed E-state index contributed by atoms with van der Waals surface area (Å²) >= 11 is 1.62. The van der Waals surface area contributed by atoms with E-state index in [9.17, 15) is 0 Å². The van der Waals surface area contributed by atoms with Crippen LogP contribution in [0.2, 0.25) is 0 Å². The molecule has 0 aliphatic carbocycles. The van der Waals surface area contributed by atoms with Crippen molar-refractivity contribution in [1.29, 1.82) is 0 Å². The van der Waals surface area contributed by atoms with E-state index in [0.29, 0.717) is 18.0 Å². The minimum absolute atomic E-state index is 0.0681. The second-order valence-corrected chi connectivity index (χ2v) is 7.22. The summed E-state index contributed by atoms with van der Waals surface area (Å²) in [6.07, 6.45) is 0. The van der Waals surface area contributed by atoms with Crippen LogP contribution in [0.3, 0.4) is 0 Å². The average Bonchev–Trinajstić information content (AvgIpc) is 2.86. The van der Waals surface area contributed by atoms with Gasteiger partial charge in [-0.25, -0.2) is 4.98 Å². The lowest BCUT2D eigenvalue weighted by Gasteiger charge is -2.15. The van der Waals surface area contributed by atoms with Crippen LogP contribution in [-0.2, 0) is 12.0 Å². The van der Waals surface area contributed by atoms with Crippen LogP contribution in [-0.4, -0.2) is 19.1 Å². The molecule has 114 valence electrons. The molecule has 21 heavy (non-hydrogen) atoms. The molecule has 1 heterocycles. The van der Waals surface area contributed by atoms with Crippen LogP contribution < -0.4 is 15.4 Å². The Labute approximate surface area is 130 Å². The second kappa shape index (κ2) is 5.93. The summed E-state index contributed by atoms with van der Waals surface area (Å²) in [7, 11) is 3.98. The third-order valence-electron chi connectivity index (χ3n) is 3.18. The second-order valence-electron chi connectivity index (χ2n) is 6.28. The van der Waals surface area contributed by atoms with Crippen molar-refractivity contribution in [2.24, 2.45) is 0 Å². The maximum Gasteiger partial charge on any atom is 0.144 e. The molecule has 0 atom stereocenters. The number of aromatic nitrogens is 1. The highest BCUT2D eigenvalue weighted by Crippen LogP contribution is 2.29. The van der Waals surface area contributed by atoms with Crippen molar-refractivity contribution in [2.45, 2.75) is 32.8 Å². The minimum Gasteiger partial charge on any atom is -0.484 e. The number of nitrogens with zero attached hydrogens (tertiary/aromatic N) is 2. The molecule has 0 saturated heterocycles. The van der Waals surface area contributed by atoms with Crippen molar-refractivity contribution < 1.29 is 4.74 Å². The first-order valence-corrected chi connectivity index (χ1v) is 7.80. The third-order valence-corrected chi connectivity index (χ3v) is 4.01. The van der Waals surface area contributed by atoms with E-state index in [0.717, 1.165) is 16.4 Å².